The van der Waals surface area contributed by atoms with Crippen LogP contribution in [0.25, 0.3) is 10.4 Å². The minimum absolute atomic E-state index is 0.677. The molecule has 1 aliphatic rings. The van der Waals surface area contributed by atoms with E-state index in [-0.39, 0.29) is 0 Å². The van der Waals surface area contributed by atoms with Crippen molar-refractivity contribution < 1.29 is 0 Å². The molecule has 94 valence electrons. The molecule has 0 amide bonds. The average Bonchev–Trinajstić information content (AvgIpc) is 3.05. The van der Waals surface area contributed by atoms with Crippen molar-refractivity contribution in [3.8, 4) is 10.4 Å². The number of benzene rings is 1. The van der Waals surface area contributed by atoms with Crippen LogP contribution in [0.2, 0.25) is 10.0 Å². The molecule has 0 aliphatic heterocycles. The predicted molar refractivity (Wildman–Crippen MR) is 79.6 cm³/mol. The molecular weight excluding hydrogens is 285 g/mol. The molecule has 1 fully saturated rings. The van der Waals surface area contributed by atoms with Gasteiger partial charge in [-0.1, -0.05) is 29.3 Å². The first-order chi connectivity index (χ1) is 8.72. The maximum absolute atomic E-state index is 6.22. The largest absolute Gasteiger partial charge is 0.309 e. The predicted octanol–water partition coefficient (Wildman–Crippen LogP) is 4.97. The van der Waals surface area contributed by atoms with Crippen LogP contribution in [0.15, 0.2) is 30.3 Å². The van der Waals surface area contributed by atoms with E-state index in [1.54, 1.807) is 17.4 Å². The summed E-state index contributed by atoms with van der Waals surface area (Å²) in [5, 5.41) is 4.91. The van der Waals surface area contributed by atoms with Crippen LogP contribution in [0.5, 0.6) is 0 Å². The summed E-state index contributed by atoms with van der Waals surface area (Å²) >= 11 is 13.9. The molecule has 18 heavy (non-hydrogen) atoms. The van der Waals surface area contributed by atoms with Gasteiger partial charge in [-0.25, -0.2) is 0 Å². The molecule has 1 saturated carbocycles. The fourth-order valence-electron chi connectivity index (χ4n) is 1.84. The van der Waals surface area contributed by atoms with Gasteiger partial charge >= 0.3 is 0 Å². The number of nitrogens with one attached hydrogen (secondary N) is 1. The summed E-state index contributed by atoms with van der Waals surface area (Å²) in [5.74, 6) is 0. The number of thiophene rings is 1. The Labute approximate surface area is 121 Å². The van der Waals surface area contributed by atoms with E-state index in [0.29, 0.717) is 10.0 Å². The summed E-state index contributed by atoms with van der Waals surface area (Å²) in [6.07, 6.45) is 2.64. The Morgan fingerprint density at radius 2 is 2.00 bits per heavy atom. The zero-order valence-electron chi connectivity index (χ0n) is 9.75. The SMILES string of the molecule is Clc1ccc(-c2ccc(CNC3CC3)s2)c(Cl)c1. The molecule has 0 radical (unpaired) electrons. The van der Waals surface area contributed by atoms with Crippen molar-refractivity contribution >= 4 is 34.5 Å². The van der Waals surface area contributed by atoms with Crippen LogP contribution in [-0.4, -0.2) is 6.04 Å². The van der Waals surface area contributed by atoms with E-state index in [9.17, 15) is 0 Å². The highest BCUT2D eigenvalue weighted by Crippen LogP contribution is 2.35. The lowest BCUT2D eigenvalue weighted by Crippen LogP contribution is -2.14. The van der Waals surface area contributed by atoms with Gasteiger partial charge in [0.25, 0.3) is 0 Å². The average molecular weight is 298 g/mol. The quantitative estimate of drug-likeness (QED) is 0.840. The monoisotopic (exact) mass is 297 g/mol. The Kier molecular flexibility index (Phi) is 3.62. The molecule has 0 unspecified atom stereocenters. The van der Waals surface area contributed by atoms with Gasteiger partial charge in [0, 0.05) is 32.9 Å². The minimum atomic E-state index is 0.677. The molecule has 1 N–H and O–H groups in total. The zero-order chi connectivity index (χ0) is 12.5. The Bertz CT molecular complexity index is 561. The normalized spacial score (nSPS) is 15.0. The molecule has 1 nitrogen and oxygen atoms in total. The van der Waals surface area contributed by atoms with E-state index in [1.807, 2.05) is 12.1 Å². The first-order valence-corrected chi connectivity index (χ1v) is 7.57. The van der Waals surface area contributed by atoms with E-state index in [0.717, 1.165) is 18.2 Å². The third-order valence-corrected chi connectivity index (χ3v) is 4.67. The Morgan fingerprint density at radius 1 is 1.17 bits per heavy atom. The highest BCUT2D eigenvalue weighted by molar-refractivity contribution is 7.15. The summed E-state index contributed by atoms with van der Waals surface area (Å²) in [6, 6.07) is 10.7. The van der Waals surface area contributed by atoms with Gasteiger partial charge in [-0.3, -0.25) is 0 Å². The second-order valence-corrected chi connectivity index (χ2v) is 6.56. The second-order valence-electron chi connectivity index (χ2n) is 4.55. The van der Waals surface area contributed by atoms with Crippen molar-refractivity contribution in [1.82, 2.24) is 5.32 Å². The lowest BCUT2D eigenvalue weighted by atomic mass is 10.2. The summed E-state index contributed by atoms with van der Waals surface area (Å²) in [6.45, 7) is 0.959. The van der Waals surface area contributed by atoms with Crippen molar-refractivity contribution in [3.63, 3.8) is 0 Å². The van der Waals surface area contributed by atoms with E-state index in [2.05, 4.69) is 17.4 Å². The number of hydrogen-bond donors (Lipinski definition) is 1. The molecule has 1 aromatic heterocycles. The first kappa shape index (κ1) is 12.5. The molecule has 2 aromatic rings. The van der Waals surface area contributed by atoms with Gasteiger partial charge in [0.1, 0.15) is 0 Å². The van der Waals surface area contributed by atoms with Crippen molar-refractivity contribution in [2.45, 2.75) is 25.4 Å². The fraction of sp³-hybridized carbons (Fsp3) is 0.286. The van der Waals surface area contributed by atoms with Crippen LogP contribution in [0, 0.1) is 0 Å². The van der Waals surface area contributed by atoms with E-state index < -0.39 is 0 Å². The molecular formula is C14H13Cl2NS. The van der Waals surface area contributed by atoms with E-state index >= 15 is 0 Å². The van der Waals surface area contributed by atoms with Gasteiger partial charge in [-0.05, 0) is 37.1 Å². The van der Waals surface area contributed by atoms with Crippen molar-refractivity contribution in [2.75, 3.05) is 0 Å². The smallest absolute Gasteiger partial charge is 0.0507 e. The van der Waals surface area contributed by atoms with Gasteiger partial charge in [0.05, 0.1) is 5.02 Å². The second kappa shape index (κ2) is 5.22. The van der Waals surface area contributed by atoms with Gasteiger partial charge in [-0.2, -0.15) is 0 Å². The summed E-state index contributed by atoms with van der Waals surface area (Å²) < 4.78 is 0. The molecule has 3 rings (SSSR count). The third-order valence-electron chi connectivity index (χ3n) is 3.00. The molecule has 0 saturated heterocycles. The van der Waals surface area contributed by atoms with Crippen molar-refractivity contribution in [3.05, 3.63) is 45.3 Å². The molecule has 0 bridgehead atoms. The topological polar surface area (TPSA) is 12.0 Å². The van der Waals surface area contributed by atoms with Crippen molar-refractivity contribution in [2.24, 2.45) is 0 Å². The summed E-state index contributed by atoms with van der Waals surface area (Å²) in [7, 11) is 0. The standard InChI is InChI=1S/C14H13Cl2NS/c15-9-1-5-12(13(16)7-9)14-6-4-11(18-14)8-17-10-2-3-10/h1,4-7,10,17H,2-3,8H2. The maximum atomic E-state index is 6.22. The van der Waals surface area contributed by atoms with Crippen molar-refractivity contribution in [1.29, 1.82) is 0 Å². The molecule has 1 aliphatic carbocycles. The number of hydrogen-bond acceptors (Lipinski definition) is 2. The van der Waals surface area contributed by atoms with Gasteiger partial charge in [0.2, 0.25) is 0 Å². The molecule has 1 heterocycles. The number of rotatable bonds is 4. The van der Waals surface area contributed by atoms with E-state index in [1.165, 1.54) is 22.6 Å². The lowest BCUT2D eigenvalue weighted by Gasteiger charge is -2.02. The van der Waals surface area contributed by atoms with Crippen LogP contribution in [-0.2, 0) is 6.54 Å². The highest BCUT2D eigenvalue weighted by atomic mass is 35.5. The lowest BCUT2D eigenvalue weighted by molar-refractivity contribution is 0.695. The maximum Gasteiger partial charge on any atom is 0.0507 e. The minimum Gasteiger partial charge on any atom is -0.309 e. The van der Waals surface area contributed by atoms with Gasteiger partial charge in [0.15, 0.2) is 0 Å². The summed E-state index contributed by atoms with van der Waals surface area (Å²) in [5.41, 5.74) is 1.06. The fourth-order valence-corrected chi connectivity index (χ4v) is 3.40. The molecule has 0 atom stereocenters. The van der Waals surface area contributed by atoms with Crippen LogP contribution in [0.4, 0.5) is 0 Å². The van der Waals surface area contributed by atoms with Crippen LogP contribution in [0.3, 0.4) is 0 Å². The van der Waals surface area contributed by atoms with Gasteiger partial charge < -0.3 is 5.32 Å². The molecule has 4 heteroatoms. The molecule has 0 spiro atoms. The first-order valence-electron chi connectivity index (χ1n) is 6.00. The van der Waals surface area contributed by atoms with Crippen LogP contribution in [0.1, 0.15) is 17.7 Å². The Morgan fingerprint density at radius 3 is 2.72 bits per heavy atom. The Hall–Kier alpha value is -0.540. The van der Waals surface area contributed by atoms with Crippen LogP contribution >= 0.6 is 34.5 Å². The zero-order valence-corrected chi connectivity index (χ0v) is 12.1. The number of halogens is 2. The Balaban J connectivity index is 1.78. The molecule has 1 aromatic carbocycles. The van der Waals surface area contributed by atoms with Crippen LogP contribution < -0.4 is 5.32 Å². The highest BCUT2D eigenvalue weighted by Gasteiger charge is 2.20. The third kappa shape index (κ3) is 2.89. The summed E-state index contributed by atoms with van der Waals surface area (Å²) in [4.78, 5) is 2.55. The van der Waals surface area contributed by atoms with E-state index in [4.69, 9.17) is 23.2 Å². The van der Waals surface area contributed by atoms with Gasteiger partial charge in [-0.15, -0.1) is 11.3 Å².